The molecule has 0 saturated carbocycles. The topological polar surface area (TPSA) is 38.1 Å². The molecular formula is C15H17N3O. The van der Waals surface area contributed by atoms with E-state index in [4.69, 9.17) is 0 Å². The maximum atomic E-state index is 12.4. The number of amides is 1. The lowest BCUT2D eigenvalue weighted by atomic mass is 10.2. The van der Waals surface area contributed by atoms with Crippen LogP contribution in [0.25, 0.3) is 0 Å². The second-order valence-electron chi connectivity index (χ2n) is 5.01. The molecule has 98 valence electrons. The van der Waals surface area contributed by atoms with Crippen LogP contribution >= 0.6 is 0 Å². The Morgan fingerprint density at radius 1 is 1.32 bits per heavy atom. The third kappa shape index (κ3) is 2.14. The minimum absolute atomic E-state index is 0.108. The molecule has 0 atom stereocenters. The smallest absolute Gasteiger partial charge is 0.248 e. The highest BCUT2D eigenvalue weighted by Crippen LogP contribution is 2.27. The van der Waals surface area contributed by atoms with Crippen LogP contribution in [0.5, 0.6) is 0 Å². The number of fused-ring (bicyclic) bond motifs is 1. The van der Waals surface area contributed by atoms with Gasteiger partial charge in [0.1, 0.15) is 6.54 Å². The van der Waals surface area contributed by atoms with Crippen LogP contribution in [0.4, 0.5) is 5.69 Å². The molecule has 2 aromatic rings. The van der Waals surface area contributed by atoms with Crippen molar-refractivity contribution in [2.75, 3.05) is 11.4 Å². The van der Waals surface area contributed by atoms with Gasteiger partial charge in [-0.25, -0.2) is 0 Å². The standard InChI is InChI=1S/C15H17N3O/c1-11-9-12(2)18(16-11)10-15(19)17-8-7-13-5-3-4-6-14(13)17/h3-6,9H,7-8,10H2,1-2H3. The molecule has 0 saturated heterocycles. The first-order valence-corrected chi connectivity index (χ1v) is 6.54. The average molecular weight is 255 g/mol. The fraction of sp³-hybridized carbons (Fsp3) is 0.333. The first kappa shape index (κ1) is 12.0. The number of aromatic nitrogens is 2. The number of carbonyl (C=O) groups excluding carboxylic acids is 1. The van der Waals surface area contributed by atoms with Crippen LogP contribution in [0.3, 0.4) is 0 Å². The summed E-state index contributed by atoms with van der Waals surface area (Å²) < 4.78 is 1.78. The number of hydrogen-bond acceptors (Lipinski definition) is 2. The number of anilines is 1. The van der Waals surface area contributed by atoms with Gasteiger partial charge in [0.05, 0.1) is 5.69 Å². The molecule has 19 heavy (non-hydrogen) atoms. The third-order valence-corrected chi connectivity index (χ3v) is 3.58. The van der Waals surface area contributed by atoms with Gasteiger partial charge >= 0.3 is 0 Å². The first-order valence-electron chi connectivity index (χ1n) is 6.54. The average Bonchev–Trinajstić information content (AvgIpc) is 2.93. The predicted octanol–water partition coefficient (Wildman–Crippen LogP) is 2.09. The first-order chi connectivity index (χ1) is 9.15. The van der Waals surface area contributed by atoms with Crippen LogP contribution in [0.1, 0.15) is 17.0 Å². The Hall–Kier alpha value is -2.10. The Bertz CT molecular complexity index is 630. The van der Waals surface area contributed by atoms with Gasteiger partial charge in [-0.2, -0.15) is 5.10 Å². The summed E-state index contributed by atoms with van der Waals surface area (Å²) in [5.41, 5.74) is 4.28. The van der Waals surface area contributed by atoms with Crippen molar-refractivity contribution in [1.29, 1.82) is 0 Å². The van der Waals surface area contributed by atoms with Crippen molar-refractivity contribution >= 4 is 11.6 Å². The second-order valence-corrected chi connectivity index (χ2v) is 5.01. The third-order valence-electron chi connectivity index (χ3n) is 3.58. The minimum Gasteiger partial charge on any atom is -0.310 e. The van der Waals surface area contributed by atoms with E-state index in [-0.39, 0.29) is 5.91 Å². The summed E-state index contributed by atoms with van der Waals surface area (Å²) in [6, 6.07) is 10.1. The van der Waals surface area contributed by atoms with Gasteiger partial charge in [-0.3, -0.25) is 9.48 Å². The molecule has 0 N–H and O–H groups in total. The molecule has 4 heteroatoms. The van der Waals surface area contributed by atoms with Crippen LogP contribution in [-0.2, 0) is 17.8 Å². The quantitative estimate of drug-likeness (QED) is 0.824. The molecular weight excluding hydrogens is 238 g/mol. The van der Waals surface area contributed by atoms with Crippen molar-refractivity contribution < 1.29 is 4.79 Å². The monoisotopic (exact) mass is 255 g/mol. The zero-order valence-electron chi connectivity index (χ0n) is 11.3. The summed E-state index contributed by atoms with van der Waals surface area (Å²) in [5, 5.41) is 4.35. The van der Waals surface area contributed by atoms with Gasteiger partial charge in [-0.05, 0) is 38.0 Å². The van der Waals surface area contributed by atoms with Gasteiger partial charge in [0, 0.05) is 17.9 Å². The van der Waals surface area contributed by atoms with E-state index in [1.54, 1.807) is 4.68 Å². The predicted molar refractivity (Wildman–Crippen MR) is 74.2 cm³/mol. The van der Waals surface area contributed by atoms with E-state index < -0.39 is 0 Å². The summed E-state index contributed by atoms with van der Waals surface area (Å²) in [5.74, 6) is 0.108. The lowest BCUT2D eigenvalue weighted by Crippen LogP contribution is -2.32. The van der Waals surface area contributed by atoms with E-state index in [0.717, 1.165) is 30.0 Å². The number of carbonyl (C=O) groups is 1. The Morgan fingerprint density at radius 3 is 2.84 bits per heavy atom. The van der Waals surface area contributed by atoms with Gasteiger partial charge in [0.25, 0.3) is 0 Å². The summed E-state index contributed by atoms with van der Waals surface area (Å²) in [6.07, 6.45) is 0.943. The molecule has 0 bridgehead atoms. The largest absolute Gasteiger partial charge is 0.310 e. The van der Waals surface area contributed by atoms with Crippen LogP contribution in [0.2, 0.25) is 0 Å². The van der Waals surface area contributed by atoms with Crippen molar-refractivity contribution in [3.05, 3.63) is 47.3 Å². The maximum Gasteiger partial charge on any atom is 0.248 e. The lowest BCUT2D eigenvalue weighted by molar-refractivity contribution is -0.119. The van der Waals surface area contributed by atoms with Crippen LogP contribution < -0.4 is 4.90 Å². The van der Waals surface area contributed by atoms with Crippen LogP contribution in [-0.4, -0.2) is 22.2 Å². The number of para-hydroxylation sites is 1. The highest BCUT2D eigenvalue weighted by atomic mass is 16.2. The van der Waals surface area contributed by atoms with Gasteiger partial charge < -0.3 is 4.90 Å². The van der Waals surface area contributed by atoms with E-state index in [1.165, 1.54) is 5.56 Å². The summed E-state index contributed by atoms with van der Waals surface area (Å²) in [7, 11) is 0. The van der Waals surface area contributed by atoms with E-state index >= 15 is 0 Å². The normalized spacial score (nSPS) is 13.7. The molecule has 0 unspecified atom stereocenters. The molecule has 1 aromatic carbocycles. The number of hydrogen-bond donors (Lipinski definition) is 0. The Balaban J connectivity index is 1.81. The zero-order chi connectivity index (χ0) is 13.4. The fourth-order valence-electron chi connectivity index (χ4n) is 2.65. The lowest BCUT2D eigenvalue weighted by Gasteiger charge is -2.17. The van der Waals surface area contributed by atoms with Crippen molar-refractivity contribution in [3.63, 3.8) is 0 Å². The van der Waals surface area contributed by atoms with E-state index in [9.17, 15) is 4.79 Å². The molecule has 0 aliphatic carbocycles. The number of aryl methyl sites for hydroxylation is 2. The van der Waals surface area contributed by atoms with Crippen molar-refractivity contribution in [2.24, 2.45) is 0 Å². The maximum absolute atomic E-state index is 12.4. The molecule has 2 heterocycles. The SMILES string of the molecule is Cc1cc(C)n(CC(=O)N2CCc3ccccc32)n1. The molecule has 1 aromatic heterocycles. The van der Waals surface area contributed by atoms with E-state index in [0.29, 0.717) is 6.54 Å². The zero-order valence-corrected chi connectivity index (χ0v) is 11.3. The van der Waals surface area contributed by atoms with Gasteiger partial charge in [0.2, 0.25) is 5.91 Å². The Kier molecular flexibility index (Phi) is 2.85. The van der Waals surface area contributed by atoms with E-state index in [1.807, 2.05) is 43.0 Å². The van der Waals surface area contributed by atoms with E-state index in [2.05, 4.69) is 11.2 Å². The number of benzene rings is 1. The molecule has 0 fully saturated rings. The van der Waals surface area contributed by atoms with Gasteiger partial charge in [-0.1, -0.05) is 18.2 Å². The molecule has 0 radical (unpaired) electrons. The van der Waals surface area contributed by atoms with Crippen LogP contribution in [0, 0.1) is 13.8 Å². The van der Waals surface area contributed by atoms with Crippen molar-refractivity contribution in [3.8, 4) is 0 Å². The highest BCUT2D eigenvalue weighted by molar-refractivity contribution is 5.95. The summed E-state index contributed by atoms with van der Waals surface area (Å²) >= 11 is 0. The second kappa shape index (κ2) is 4.53. The Labute approximate surface area is 112 Å². The molecule has 0 spiro atoms. The van der Waals surface area contributed by atoms with Crippen molar-refractivity contribution in [2.45, 2.75) is 26.8 Å². The Morgan fingerprint density at radius 2 is 2.11 bits per heavy atom. The van der Waals surface area contributed by atoms with Gasteiger partial charge in [-0.15, -0.1) is 0 Å². The molecule has 3 rings (SSSR count). The molecule has 1 aliphatic rings. The summed E-state index contributed by atoms with van der Waals surface area (Å²) in [4.78, 5) is 14.3. The minimum atomic E-state index is 0.108. The van der Waals surface area contributed by atoms with Crippen molar-refractivity contribution in [1.82, 2.24) is 9.78 Å². The number of nitrogens with zero attached hydrogens (tertiary/aromatic N) is 3. The molecule has 1 aliphatic heterocycles. The summed E-state index contributed by atoms with van der Waals surface area (Å²) in [6.45, 7) is 5.01. The molecule has 4 nitrogen and oxygen atoms in total. The van der Waals surface area contributed by atoms with Crippen LogP contribution in [0.15, 0.2) is 30.3 Å². The number of rotatable bonds is 2. The highest BCUT2D eigenvalue weighted by Gasteiger charge is 2.24. The molecule has 1 amide bonds. The van der Waals surface area contributed by atoms with Gasteiger partial charge in [0.15, 0.2) is 0 Å². The fourth-order valence-corrected chi connectivity index (χ4v) is 2.65.